The van der Waals surface area contributed by atoms with E-state index >= 15 is 0 Å². The SMILES string of the molecule is COc1ccc(OC)c(C(=O)COC(=O)c2ccc(-c3ccc(C)cc3)cc2)c1. The fourth-order valence-electron chi connectivity index (χ4n) is 2.87. The third kappa shape index (κ3) is 4.82. The van der Waals surface area contributed by atoms with E-state index in [2.05, 4.69) is 0 Å². The van der Waals surface area contributed by atoms with Gasteiger partial charge in [0.1, 0.15) is 11.5 Å². The van der Waals surface area contributed by atoms with Crippen molar-refractivity contribution in [2.45, 2.75) is 6.92 Å². The molecule has 0 N–H and O–H groups in total. The predicted octanol–water partition coefficient (Wildman–Crippen LogP) is 4.72. The number of ketones is 1. The summed E-state index contributed by atoms with van der Waals surface area (Å²) in [5.74, 6) is -0.0116. The molecule has 0 heterocycles. The van der Waals surface area contributed by atoms with E-state index in [0.29, 0.717) is 22.6 Å². The van der Waals surface area contributed by atoms with Crippen LogP contribution in [-0.2, 0) is 4.74 Å². The Hall–Kier alpha value is -3.60. The Morgan fingerprint density at radius 1 is 0.793 bits per heavy atom. The zero-order chi connectivity index (χ0) is 20.8. The first-order chi connectivity index (χ1) is 14.0. The number of carbonyl (C=O) groups excluding carboxylic acids is 2. The molecule has 0 unspecified atom stereocenters. The lowest BCUT2D eigenvalue weighted by molar-refractivity contribution is 0.0474. The third-order valence-electron chi connectivity index (χ3n) is 4.55. The van der Waals surface area contributed by atoms with Gasteiger partial charge in [-0.3, -0.25) is 4.79 Å². The van der Waals surface area contributed by atoms with Gasteiger partial charge in [0.25, 0.3) is 0 Å². The molecule has 0 fully saturated rings. The van der Waals surface area contributed by atoms with Crippen LogP contribution >= 0.6 is 0 Å². The Balaban J connectivity index is 1.66. The van der Waals surface area contributed by atoms with Gasteiger partial charge in [-0.25, -0.2) is 4.79 Å². The molecule has 0 aromatic heterocycles. The molecule has 0 spiro atoms. The summed E-state index contributed by atoms with van der Waals surface area (Å²) in [4.78, 5) is 24.8. The van der Waals surface area contributed by atoms with Gasteiger partial charge < -0.3 is 14.2 Å². The number of hydrogen-bond acceptors (Lipinski definition) is 5. The molecule has 0 saturated heterocycles. The first-order valence-electron chi connectivity index (χ1n) is 9.11. The van der Waals surface area contributed by atoms with Crippen LogP contribution in [0.3, 0.4) is 0 Å². The van der Waals surface area contributed by atoms with Crippen molar-refractivity contribution in [3.05, 3.63) is 83.4 Å². The van der Waals surface area contributed by atoms with Crippen LogP contribution in [0.2, 0.25) is 0 Å². The fraction of sp³-hybridized carbons (Fsp3) is 0.167. The van der Waals surface area contributed by atoms with E-state index in [-0.39, 0.29) is 12.4 Å². The van der Waals surface area contributed by atoms with Crippen molar-refractivity contribution in [1.29, 1.82) is 0 Å². The molecule has 29 heavy (non-hydrogen) atoms. The van der Waals surface area contributed by atoms with E-state index in [0.717, 1.165) is 11.1 Å². The largest absolute Gasteiger partial charge is 0.497 e. The molecule has 0 aliphatic rings. The maximum Gasteiger partial charge on any atom is 0.338 e. The number of methoxy groups -OCH3 is 2. The maximum atomic E-state index is 12.5. The highest BCUT2D eigenvalue weighted by molar-refractivity contribution is 6.01. The monoisotopic (exact) mass is 390 g/mol. The number of ether oxygens (including phenoxy) is 3. The first-order valence-corrected chi connectivity index (χ1v) is 9.11. The number of hydrogen-bond donors (Lipinski definition) is 0. The molecule has 0 saturated carbocycles. The van der Waals surface area contributed by atoms with Crippen LogP contribution in [0.15, 0.2) is 66.7 Å². The molecule has 5 heteroatoms. The average Bonchev–Trinajstić information content (AvgIpc) is 2.77. The topological polar surface area (TPSA) is 61.8 Å². The van der Waals surface area contributed by atoms with Crippen molar-refractivity contribution < 1.29 is 23.8 Å². The minimum absolute atomic E-state index is 0.300. The Morgan fingerprint density at radius 2 is 1.41 bits per heavy atom. The number of Topliss-reactive ketones (excluding diaryl/α,β-unsaturated/α-hetero) is 1. The number of aryl methyl sites for hydroxylation is 1. The number of rotatable bonds is 7. The van der Waals surface area contributed by atoms with E-state index in [4.69, 9.17) is 14.2 Å². The predicted molar refractivity (Wildman–Crippen MR) is 111 cm³/mol. The smallest absolute Gasteiger partial charge is 0.338 e. The summed E-state index contributed by atoms with van der Waals surface area (Å²) in [6.45, 7) is 1.65. The van der Waals surface area contributed by atoms with Crippen LogP contribution in [0.1, 0.15) is 26.3 Å². The van der Waals surface area contributed by atoms with Crippen molar-refractivity contribution in [3.8, 4) is 22.6 Å². The molecular weight excluding hydrogens is 368 g/mol. The molecule has 5 nitrogen and oxygen atoms in total. The summed E-state index contributed by atoms with van der Waals surface area (Å²) < 4.78 is 15.5. The van der Waals surface area contributed by atoms with Gasteiger partial charge in [0.15, 0.2) is 6.61 Å². The fourth-order valence-corrected chi connectivity index (χ4v) is 2.87. The molecule has 148 valence electrons. The normalized spacial score (nSPS) is 10.3. The van der Waals surface area contributed by atoms with Gasteiger partial charge in [-0.2, -0.15) is 0 Å². The maximum absolute atomic E-state index is 12.5. The standard InChI is InChI=1S/C24H22O5/c1-16-4-6-17(7-5-16)18-8-10-19(11-9-18)24(26)29-15-22(25)21-14-20(27-2)12-13-23(21)28-3/h4-14H,15H2,1-3H3. The molecule has 3 aromatic carbocycles. The zero-order valence-corrected chi connectivity index (χ0v) is 16.6. The van der Waals surface area contributed by atoms with Crippen molar-refractivity contribution in [3.63, 3.8) is 0 Å². The van der Waals surface area contributed by atoms with Gasteiger partial charge in [-0.1, -0.05) is 42.0 Å². The molecule has 0 aliphatic heterocycles. The molecule has 3 rings (SSSR count). The van der Waals surface area contributed by atoms with Gasteiger partial charge in [0.2, 0.25) is 5.78 Å². The van der Waals surface area contributed by atoms with Crippen LogP contribution in [-0.4, -0.2) is 32.6 Å². The lowest BCUT2D eigenvalue weighted by Crippen LogP contribution is -2.15. The summed E-state index contributed by atoms with van der Waals surface area (Å²) >= 11 is 0. The second-order valence-corrected chi connectivity index (χ2v) is 6.51. The lowest BCUT2D eigenvalue weighted by atomic mass is 10.0. The summed E-state index contributed by atoms with van der Waals surface area (Å²) in [6.07, 6.45) is 0. The van der Waals surface area contributed by atoms with Crippen LogP contribution in [0, 0.1) is 6.92 Å². The Labute approximate surface area is 169 Å². The zero-order valence-electron chi connectivity index (χ0n) is 16.6. The van der Waals surface area contributed by atoms with Crippen LogP contribution < -0.4 is 9.47 Å². The van der Waals surface area contributed by atoms with Gasteiger partial charge >= 0.3 is 5.97 Å². The van der Waals surface area contributed by atoms with Gasteiger partial charge in [0.05, 0.1) is 25.3 Å². The second kappa shape index (κ2) is 9.06. The molecule has 3 aromatic rings. The number of esters is 1. The van der Waals surface area contributed by atoms with Crippen LogP contribution in [0.25, 0.3) is 11.1 Å². The van der Waals surface area contributed by atoms with Crippen molar-refractivity contribution >= 4 is 11.8 Å². The first kappa shape index (κ1) is 20.1. The van der Waals surface area contributed by atoms with E-state index in [9.17, 15) is 9.59 Å². The average molecular weight is 390 g/mol. The van der Waals surface area contributed by atoms with E-state index in [1.165, 1.54) is 19.8 Å². The van der Waals surface area contributed by atoms with Crippen molar-refractivity contribution in [1.82, 2.24) is 0 Å². The lowest BCUT2D eigenvalue weighted by Gasteiger charge is -2.10. The minimum Gasteiger partial charge on any atom is -0.497 e. The van der Waals surface area contributed by atoms with E-state index < -0.39 is 5.97 Å². The summed E-state index contributed by atoms with van der Waals surface area (Å²) in [5, 5.41) is 0. The van der Waals surface area contributed by atoms with E-state index in [1.54, 1.807) is 30.3 Å². The summed E-state index contributed by atoms with van der Waals surface area (Å²) in [5.41, 5.74) is 3.93. The Morgan fingerprint density at radius 3 is 2.00 bits per heavy atom. The molecule has 0 atom stereocenters. The van der Waals surface area contributed by atoms with E-state index in [1.807, 2.05) is 43.3 Å². The summed E-state index contributed by atoms with van der Waals surface area (Å²) in [7, 11) is 2.98. The Kier molecular flexibility index (Phi) is 6.29. The molecule has 0 amide bonds. The van der Waals surface area contributed by atoms with Crippen LogP contribution in [0.4, 0.5) is 0 Å². The highest BCUT2D eigenvalue weighted by Gasteiger charge is 2.16. The van der Waals surface area contributed by atoms with Crippen LogP contribution in [0.5, 0.6) is 11.5 Å². The molecule has 0 radical (unpaired) electrons. The summed E-state index contributed by atoms with van der Waals surface area (Å²) in [6, 6.07) is 20.1. The van der Waals surface area contributed by atoms with Crippen molar-refractivity contribution in [2.24, 2.45) is 0 Å². The quantitative estimate of drug-likeness (QED) is 0.432. The highest BCUT2D eigenvalue weighted by Crippen LogP contribution is 2.25. The third-order valence-corrected chi connectivity index (χ3v) is 4.55. The van der Waals surface area contributed by atoms with Gasteiger partial charge in [-0.05, 0) is 48.4 Å². The second-order valence-electron chi connectivity index (χ2n) is 6.51. The van der Waals surface area contributed by atoms with Gasteiger partial charge in [0, 0.05) is 0 Å². The molecule has 0 aliphatic carbocycles. The van der Waals surface area contributed by atoms with Crippen molar-refractivity contribution in [2.75, 3.05) is 20.8 Å². The Bertz CT molecular complexity index is 1000. The molecule has 0 bridgehead atoms. The number of benzene rings is 3. The highest BCUT2D eigenvalue weighted by atomic mass is 16.5. The number of carbonyl (C=O) groups is 2. The molecular formula is C24H22O5. The minimum atomic E-state index is -0.560. The van der Waals surface area contributed by atoms with Gasteiger partial charge in [-0.15, -0.1) is 0 Å².